The van der Waals surface area contributed by atoms with Crippen molar-refractivity contribution in [2.75, 3.05) is 46.9 Å². The quantitative estimate of drug-likeness (QED) is 0.676. The summed E-state index contributed by atoms with van der Waals surface area (Å²) in [4.78, 5) is 29.7. The molecule has 9 heteroatoms. The van der Waals surface area contributed by atoms with Crippen LogP contribution in [0.15, 0.2) is 42.5 Å². The van der Waals surface area contributed by atoms with Gasteiger partial charge in [-0.15, -0.1) is 0 Å². The molecule has 0 aliphatic carbocycles. The molecular formula is C26H31ClFN3O4. The van der Waals surface area contributed by atoms with E-state index in [9.17, 15) is 14.0 Å². The first kappa shape index (κ1) is 25.3. The van der Waals surface area contributed by atoms with Gasteiger partial charge in [-0.1, -0.05) is 29.8 Å². The Hall–Kier alpha value is -2.84. The molecule has 2 saturated heterocycles. The summed E-state index contributed by atoms with van der Waals surface area (Å²) in [5, 5.41) is 3.89. The predicted molar refractivity (Wildman–Crippen MR) is 131 cm³/mol. The van der Waals surface area contributed by atoms with E-state index >= 15 is 0 Å². The van der Waals surface area contributed by atoms with E-state index in [0.29, 0.717) is 61.9 Å². The zero-order valence-corrected chi connectivity index (χ0v) is 20.8. The minimum Gasteiger partial charge on any atom is -0.497 e. The molecule has 2 aliphatic heterocycles. The van der Waals surface area contributed by atoms with Crippen molar-refractivity contribution < 1.29 is 23.5 Å². The smallest absolute Gasteiger partial charge is 0.410 e. The third-order valence-electron chi connectivity index (χ3n) is 7.01. The molecule has 4 rings (SSSR count). The standard InChI is InChI=1S/C26H31ClFN3O4/c1-34-19-9-10-20(23(28)14-19)21-15-29-16-22(21)25(32)30-11-3-4-24(17-5-7-18(27)8-6-17)31(13-12-30)26(33)35-2/h5-10,14,21-22,24,29H,3-4,11-13,15-16H2,1-2H3/t21-,22+,24?/m0/s1. The van der Waals surface area contributed by atoms with Crippen LogP contribution >= 0.6 is 11.6 Å². The lowest BCUT2D eigenvalue weighted by molar-refractivity contribution is -0.136. The molecule has 2 fully saturated rings. The van der Waals surface area contributed by atoms with Gasteiger partial charge in [0.05, 0.1) is 26.2 Å². The van der Waals surface area contributed by atoms with Gasteiger partial charge in [-0.3, -0.25) is 9.69 Å². The number of amides is 2. The van der Waals surface area contributed by atoms with E-state index in [0.717, 1.165) is 5.56 Å². The average molecular weight is 504 g/mol. The van der Waals surface area contributed by atoms with Crippen molar-refractivity contribution in [1.29, 1.82) is 0 Å². The highest BCUT2D eigenvalue weighted by Crippen LogP contribution is 2.34. The summed E-state index contributed by atoms with van der Waals surface area (Å²) >= 11 is 6.05. The van der Waals surface area contributed by atoms with Crippen LogP contribution in [0.1, 0.15) is 35.9 Å². The second-order valence-corrected chi connectivity index (χ2v) is 9.39. The Bertz CT molecular complexity index is 1050. The molecule has 2 amide bonds. The van der Waals surface area contributed by atoms with Gasteiger partial charge in [0, 0.05) is 49.7 Å². The molecule has 2 aromatic rings. The van der Waals surface area contributed by atoms with Crippen LogP contribution in [-0.2, 0) is 9.53 Å². The van der Waals surface area contributed by atoms with Gasteiger partial charge in [-0.2, -0.15) is 0 Å². The van der Waals surface area contributed by atoms with E-state index in [4.69, 9.17) is 21.1 Å². The van der Waals surface area contributed by atoms with Crippen molar-refractivity contribution in [2.45, 2.75) is 24.8 Å². The molecule has 35 heavy (non-hydrogen) atoms. The predicted octanol–water partition coefficient (Wildman–Crippen LogP) is 4.22. The highest BCUT2D eigenvalue weighted by Gasteiger charge is 2.39. The number of ether oxygens (including phenoxy) is 2. The van der Waals surface area contributed by atoms with Crippen molar-refractivity contribution in [2.24, 2.45) is 5.92 Å². The molecule has 0 saturated carbocycles. The number of hydrogen-bond acceptors (Lipinski definition) is 5. The van der Waals surface area contributed by atoms with E-state index < -0.39 is 6.09 Å². The van der Waals surface area contributed by atoms with Gasteiger partial charge in [0.1, 0.15) is 11.6 Å². The summed E-state index contributed by atoms with van der Waals surface area (Å²) in [6, 6.07) is 12.1. The van der Waals surface area contributed by atoms with Gasteiger partial charge in [-0.05, 0) is 42.2 Å². The second kappa shape index (κ2) is 11.3. The molecule has 3 atom stereocenters. The van der Waals surface area contributed by atoms with E-state index in [2.05, 4.69) is 5.32 Å². The molecule has 188 valence electrons. The number of benzene rings is 2. The zero-order chi connectivity index (χ0) is 24.9. The number of methoxy groups -OCH3 is 2. The summed E-state index contributed by atoms with van der Waals surface area (Å²) in [5.41, 5.74) is 1.50. The molecule has 7 nitrogen and oxygen atoms in total. The zero-order valence-electron chi connectivity index (χ0n) is 20.0. The van der Waals surface area contributed by atoms with Crippen molar-refractivity contribution in [3.8, 4) is 5.75 Å². The molecule has 0 spiro atoms. The van der Waals surface area contributed by atoms with Crippen LogP contribution in [0.5, 0.6) is 5.75 Å². The van der Waals surface area contributed by atoms with E-state index in [-0.39, 0.29) is 29.6 Å². The van der Waals surface area contributed by atoms with Gasteiger partial charge >= 0.3 is 6.09 Å². The van der Waals surface area contributed by atoms with E-state index in [1.807, 2.05) is 24.3 Å². The Labute approximate surface area is 210 Å². The molecule has 1 unspecified atom stereocenters. The number of halogens is 2. The summed E-state index contributed by atoms with van der Waals surface area (Å²) in [6.07, 6.45) is 0.966. The summed E-state index contributed by atoms with van der Waals surface area (Å²) in [5.74, 6) is -0.591. The Morgan fingerprint density at radius 2 is 1.83 bits per heavy atom. The minimum absolute atomic E-state index is 0.0232. The van der Waals surface area contributed by atoms with Gasteiger partial charge in [-0.25, -0.2) is 9.18 Å². The Morgan fingerprint density at radius 3 is 2.51 bits per heavy atom. The first-order chi connectivity index (χ1) is 16.9. The minimum atomic E-state index is -0.431. The number of carbonyl (C=O) groups is 2. The van der Waals surface area contributed by atoms with Crippen LogP contribution in [0.2, 0.25) is 5.02 Å². The molecule has 2 heterocycles. The van der Waals surface area contributed by atoms with Crippen LogP contribution in [0.25, 0.3) is 0 Å². The fraction of sp³-hybridized carbons (Fsp3) is 0.462. The normalized spacial score (nSPS) is 22.9. The Kier molecular flexibility index (Phi) is 8.13. The molecule has 1 N–H and O–H groups in total. The first-order valence-electron chi connectivity index (χ1n) is 11.9. The maximum atomic E-state index is 14.8. The van der Waals surface area contributed by atoms with Gasteiger partial charge in [0.15, 0.2) is 0 Å². The molecule has 0 radical (unpaired) electrons. The van der Waals surface area contributed by atoms with Crippen LogP contribution < -0.4 is 10.1 Å². The largest absolute Gasteiger partial charge is 0.497 e. The van der Waals surface area contributed by atoms with Crippen LogP contribution in [0, 0.1) is 11.7 Å². The lowest BCUT2D eigenvalue weighted by atomic mass is 9.87. The first-order valence-corrected chi connectivity index (χ1v) is 12.2. The Balaban J connectivity index is 1.50. The number of hydrogen-bond donors (Lipinski definition) is 1. The number of nitrogens with zero attached hydrogens (tertiary/aromatic N) is 2. The molecule has 2 aliphatic rings. The van der Waals surface area contributed by atoms with Crippen LogP contribution in [-0.4, -0.2) is 68.7 Å². The number of rotatable bonds is 4. The fourth-order valence-electron chi connectivity index (χ4n) is 5.15. The van der Waals surface area contributed by atoms with Crippen molar-refractivity contribution in [1.82, 2.24) is 15.1 Å². The van der Waals surface area contributed by atoms with Gasteiger partial charge in [0.2, 0.25) is 5.91 Å². The summed E-state index contributed by atoms with van der Waals surface area (Å²) in [6.45, 7) is 2.31. The van der Waals surface area contributed by atoms with Crippen molar-refractivity contribution in [3.05, 3.63) is 64.4 Å². The van der Waals surface area contributed by atoms with Gasteiger partial charge < -0.3 is 19.7 Å². The monoisotopic (exact) mass is 503 g/mol. The van der Waals surface area contributed by atoms with Crippen molar-refractivity contribution in [3.63, 3.8) is 0 Å². The van der Waals surface area contributed by atoms with Crippen LogP contribution in [0.3, 0.4) is 0 Å². The van der Waals surface area contributed by atoms with Crippen LogP contribution in [0.4, 0.5) is 9.18 Å². The summed E-state index contributed by atoms with van der Waals surface area (Å²) < 4.78 is 25.0. The summed E-state index contributed by atoms with van der Waals surface area (Å²) in [7, 11) is 2.86. The molecule has 2 aromatic carbocycles. The third-order valence-corrected chi connectivity index (χ3v) is 7.26. The third kappa shape index (κ3) is 5.54. The molecule has 0 bridgehead atoms. The molecular weight excluding hydrogens is 473 g/mol. The SMILES string of the molecule is COC(=O)N1CCN(C(=O)[C@@H]2CNC[C@H]2c2ccc(OC)cc2F)CCCC1c1ccc(Cl)cc1. The average Bonchev–Trinajstić information content (AvgIpc) is 3.33. The maximum absolute atomic E-state index is 14.8. The van der Waals surface area contributed by atoms with E-state index in [1.165, 1.54) is 20.3 Å². The lowest BCUT2D eigenvalue weighted by Crippen LogP contribution is -2.47. The topological polar surface area (TPSA) is 71.1 Å². The second-order valence-electron chi connectivity index (χ2n) is 8.96. The number of nitrogens with one attached hydrogen (secondary N) is 1. The van der Waals surface area contributed by atoms with Crippen molar-refractivity contribution >= 4 is 23.6 Å². The van der Waals surface area contributed by atoms with E-state index in [1.54, 1.807) is 21.9 Å². The highest BCUT2D eigenvalue weighted by molar-refractivity contribution is 6.30. The highest BCUT2D eigenvalue weighted by atomic mass is 35.5. The fourth-order valence-corrected chi connectivity index (χ4v) is 5.28. The number of carbonyl (C=O) groups excluding carboxylic acids is 2. The maximum Gasteiger partial charge on any atom is 0.410 e. The molecule has 0 aromatic heterocycles. The lowest BCUT2D eigenvalue weighted by Gasteiger charge is -2.37. The van der Waals surface area contributed by atoms with Gasteiger partial charge in [0.25, 0.3) is 0 Å². The Morgan fingerprint density at radius 1 is 1.06 bits per heavy atom.